The van der Waals surface area contributed by atoms with Gasteiger partial charge in [-0.05, 0) is 107 Å². The molecule has 4 amide bonds. The maximum absolute atomic E-state index is 15.0. The summed E-state index contributed by atoms with van der Waals surface area (Å²) in [5.74, 6) is 0.875. The molecule has 8 unspecified atom stereocenters. The molecule has 3 aliphatic heterocycles. The van der Waals surface area contributed by atoms with Crippen molar-refractivity contribution in [2.45, 2.75) is 132 Å². The zero-order valence-corrected chi connectivity index (χ0v) is 32.8. The Labute approximate surface area is 320 Å². The van der Waals surface area contributed by atoms with Crippen LogP contribution in [0.3, 0.4) is 0 Å². The van der Waals surface area contributed by atoms with Crippen molar-refractivity contribution in [1.29, 1.82) is 0 Å². The molecule has 3 heterocycles. The Bertz CT molecular complexity index is 1450. The van der Waals surface area contributed by atoms with Crippen LogP contribution in [0, 0.1) is 34.5 Å². The topological polar surface area (TPSA) is 126 Å². The third kappa shape index (κ3) is 7.25. The summed E-state index contributed by atoms with van der Waals surface area (Å²) in [5.41, 5.74) is -0.0366. The van der Waals surface area contributed by atoms with Gasteiger partial charge in [-0.1, -0.05) is 25.7 Å². The number of alkyl halides is 1. The molecular weight excluding hydrogens is 692 g/mol. The number of carbonyl (C=O) groups excluding carboxylic acids is 4. The molecule has 4 bridgehead atoms. The minimum Gasteiger partial charge on any atom is -0.391 e. The zero-order chi connectivity index (χ0) is 37.1. The van der Waals surface area contributed by atoms with E-state index in [1.807, 2.05) is 11.9 Å². The van der Waals surface area contributed by atoms with Crippen LogP contribution >= 0.6 is 11.6 Å². The van der Waals surface area contributed by atoms with Crippen LogP contribution in [0.1, 0.15) is 103 Å². The molecule has 9 rings (SSSR count). The first kappa shape index (κ1) is 37.5. The Morgan fingerprint density at radius 1 is 0.943 bits per heavy atom. The number of likely N-dealkylation sites (N-methyl/N-ethyl adjacent to an activating group) is 2. The maximum atomic E-state index is 15.0. The molecule has 6 aliphatic carbocycles. The number of hydrogen-bond donors (Lipinski definition) is 3. The van der Waals surface area contributed by atoms with Crippen molar-refractivity contribution in [3.63, 3.8) is 0 Å². The van der Waals surface area contributed by atoms with E-state index in [4.69, 9.17) is 11.6 Å². The first-order valence-corrected chi connectivity index (χ1v) is 21.5. The molecule has 294 valence electrons. The number of hydrogen-bond acceptors (Lipinski definition) is 7. The molecule has 0 radical (unpaired) electrons. The number of fused-ring (bicyclic) bond motifs is 1. The Morgan fingerprint density at radius 3 is 2.32 bits per heavy atom. The summed E-state index contributed by atoms with van der Waals surface area (Å²) in [6.45, 7) is 3.83. The van der Waals surface area contributed by atoms with Gasteiger partial charge in [-0.3, -0.25) is 19.2 Å². The van der Waals surface area contributed by atoms with E-state index < -0.39 is 29.0 Å². The summed E-state index contributed by atoms with van der Waals surface area (Å²) in [4.78, 5) is 65.8. The third-order valence-electron chi connectivity index (χ3n) is 15.1. The maximum Gasteiger partial charge on any atom is 0.245 e. The molecule has 0 aromatic rings. The second-order valence-corrected chi connectivity index (χ2v) is 19.5. The number of aliphatic hydroxyl groups is 1. The summed E-state index contributed by atoms with van der Waals surface area (Å²) >= 11 is 6.73. The normalized spacial score (nSPS) is 40.0. The summed E-state index contributed by atoms with van der Waals surface area (Å²) in [6, 6.07) is -1.26. The minimum atomic E-state index is -0.862. The third-order valence-corrected chi connectivity index (χ3v) is 15.7. The summed E-state index contributed by atoms with van der Waals surface area (Å²) in [6.07, 6.45) is 15.3. The van der Waals surface area contributed by atoms with Gasteiger partial charge in [0.2, 0.25) is 23.6 Å². The van der Waals surface area contributed by atoms with Crippen molar-refractivity contribution < 1.29 is 24.3 Å². The lowest BCUT2D eigenvalue weighted by Crippen LogP contribution is -2.64. The molecule has 3 N–H and O–H groups in total. The van der Waals surface area contributed by atoms with Crippen LogP contribution in [0.4, 0.5) is 0 Å². The van der Waals surface area contributed by atoms with Crippen LogP contribution in [0.5, 0.6) is 0 Å². The number of β-amino-alcohol motifs (C(OH)–C–C–N with tert-alkyl or cyclic N) is 1. The number of nitrogens with one attached hydrogen (secondary N) is 2. The van der Waals surface area contributed by atoms with Crippen molar-refractivity contribution in [3.8, 4) is 0 Å². The van der Waals surface area contributed by atoms with Gasteiger partial charge in [-0.15, -0.1) is 11.6 Å². The second-order valence-electron chi connectivity index (χ2n) is 18.9. The fourth-order valence-corrected chi connectivity index (χ4v) is 13.1. The molecule has 53 heavy (non-hydrogen) atoms. The molecule has 6 saturated carbocycles. The standard InChI is InChI=1S/C41H63ClN6O5/c1-45-11-13-47(14-12-45)38(52)40-18-26-15-27(19-40)21-41(20-26,25-40)39(53)48-24-30(49)17-35(48)36(50)44-34(16-29-22-43-33-10-6-4-8-31(29)33)37(51)46(2)23-28-7-3-5-9-32(28)42/h22,26-28,30-35,43,49H,3-21,23-25H2,1-2H3,(H,44,50)/t26?,27?,28?,30-,31?,32?,33?,34?,35?,40?,41?/m1/s1. The highest BCUT2D eigenvalue weighted by Crippen LogP contribution is 2.66. The lowest BCUT2D eigenvalue weighted by molar-refractivity contribution is -0.181. The van der Waals surface area contributed by atoms with Gasteiger partial charge < -0.3 is 35.3 Å². The Morgan fingerprint density at radius 2 is 1.60 bits per heavy atom. The van der Waals surface area contributed by atoms with E-state index in [-0.39, 0.29) is 47.9 Å². The molecule has 11 nitrogen and oxygen atoms in total. The first-order chi connectivity index (χ1) is 25.4. The average molecular weight is 755 g/mol. The number of likely N-dealkylation sites (tertiary alicyclic amines) is 1. The summed E-state index contributed by atoms with van der Waals surface area (Å²) in [7, 11) is 3.92. The fraction of sp³-hybridized carbons (Fsp3) is 0.854. The van der Waals surface area contributed by atoms with E-state index in [1.54, 1.807) is 9.80 Å². The number of nitrogens with zero attached hydrogens (tertiary/aromatic N) is 4. The lowest BCUT2D eigenvalue weighted by Gasteiger charge is -2.61. The van der Waals surface area contributed by atoms with Crippen LogP contribution in [0.15, 0.2) is 11.8 Å². The van der Waals surface area contributed by atoms with Gasteiger partial charge in [0.25, 0.3) is 0 Å². The van der Waals surface area contributed by atoms with Gasteiger partial charge in [-0.2, -0.15) is 0 Å². The van der Waals surface area contributed by atoms with Gasteiger partial charge >= 0.3 is 0 Å². The second kappa shape index (κ2) is 14.9. The SMILES string of the molecule is CN1CCN(C(=O)C23CC4CC(C2)CC(C(=O)N2C[C@H](O)CC2C(=O)NC(CC2=CNC5CCCCC25)C(=O)N(C)CC2CCCCC2Cl)(C4)C3)CC1. The Hall–Kier alpha value is -2.37. The number of carbonyl (C=O) groups is 4. The highest BCUT2D eigenvalue weighted by atomic mass is 35.5. The summed E-state index contributed by atoms with van der Waals surface area (Å²) in [5, 5.41) is 17.8. The minimum absolute atomic E-state index is 0.0388. The fourth-order valence-electron chi connectivity index (χ4n) is 12.8. The quantitative estimate of drug-likeness (QED) is 0.308. The molecule has 0 aromatic heterocycles. The van der Waals surface area contributed by atoms with E-state index in [0.29, 0.717) is 43.2 Å². The van der Waals surface area contributed by atoms with Crippen molar-refractivity contribution in [3.05, 3.63) is 11.8 Å². The van der Waals surface area contributed by atoms with Crippen LogP contribution in [0.2, 0.25) is 0 Å². The highest BCUT2D eigenvalue weighted by Gasteiger charge is 2.65. The van der Waals surface area contributed by atoms with Gasteiger partial charge in [-0.25, -0.2) is 0 Å². The predicted molar refractivity (Wildman–Crippen MR) is 202 cm³/mol. The van der Waals surface area contributed by atoms with Crippen molar-refractivity contribution >= 4 is 35.2 Å². The van der Waals surface area contributed by atoms with Crippen LogP contribution in [0.25, 0.3) is 0 Å². The van der Waals surface area contributed by atoms with Crippen LogP contribution in [-0.2, 0) is 19.2 Å². The smallest absolute Gasteiger partial charge is 0.245 e. The largest absolute Gasteiger partial charge is 0.391 e. The molecule has 8 fully saturated rings. The van der Waals surface area contributed by atoms with Gasteiger partial charge in [0.1, 0.15) is 12.1 Å². The van der Waals surface area contributed by atoms with E-state index in [0.717, 1.165) is 103 Å². The molecule has 9 aliphatic rings. The number of amides is 4. The van der Waals surface area contributed by atoms with Gasteiger partial charge in [0.05, 0.1) is 16.9 Å². The van der Waals surface area contributed by atoms with Gasteiger partial charge in [0.15, 0.2) is 0 Å². The van der Waals surface area contributed by atoms with Crippen LogP contribution in [-0.4, -0.2) is 131 Å². The number of piperazine rings is 1. The number of rotatable bonds is 9. The number of aliphatic hydroxyl groups excluding tert-OH is 1. The van der Waals surface area contributed by atoms with Crippen molar-refractivity contribution in [2.24, 2.45) is 34.5 Å². The predicted octanol–water partition coefficient (Wildman–Crippen LogP) is 3.49. The number of halogens is 1. The van der Waals surface area contributed by atoms with Gasteiger partial charge in [0, 0.05) is 70.1 Å². The molecular formula is C41H63ClN6O5. The highest BCUT2D eigenvalue weighted by molar-refractivity contribution is 6.20. The molecule has 0 spiro atoms. The Balaban J connectivity index is 1.00. The molecule has 9 atom stereocenters. The average Bonchev–Trinajstić information content (AvgIpc) is 3.74. The van der Waals surface area contributed by atoms with E-state index in [2.05, 4.69) is 28.8 Å². The molecule has 12 heteroatoms. The first-order valence-electron chi connectivity index (χ1n) is 21.0. The monoisotopic (exact) mass is 754 g/mol. The zero-order valence-electron chi connectivity index (χ0n) is 32.1. The Kier molecular flexibility index (Phi) is 10.6. The van der Waals surface area contributed by atoms with E-state index in [9.17, 15) is 24.3 Å². The summed E-state index contributed by atoms with van der Waals surface area (Å²) < 4.78 is 0. The van der Waals surface area contributed by atoms with Crippen molar-refractivity contribution in [1.82, 2.24) is 30.2 Å². The van der Waals surface area contributed by atoms with Crippen molar-refractivity contribution in [2.75, 3.05) is 53.4 Å². The van der Waals surface area contributed by atoms with E-state index in [1.165, 1.54) is 12.0 Å². The van der Waals surface area contributed by atoms with E-state index >= 15 is 0 Å². The molecule has 2 saturated heterocycles. The molecule has 0 aromatic carbocycles. The lowest BCUT2D eigenvalue weighted by atomic mass is 9.43. The van der Waals surface area contributed by atoms with Crippen LogP contribution < -0.4 is 10.6 Å².